The lowest BCUT2D eigenvalue weighted by Gasteiger charge is -2.13. The minimum absolute atomic E-state index is 0.821. The average Bonchev–Trinajstić information content (AvgIpc) is 2.89. The predicted octanol–water partition coefficient (Wildman–Crippen LogP) is 12.2. The van der Waals surface area contributed by atoms with Crippen molar-refractivity contribution in [2.24, 2.45) is 0 Å². The first-order chi connectivity index (χ1) is 17.8. The van der Waals surface area contributed by atoms with Crippen LogP contribution < -0.4 is 0 Å². The van der Waals surface area contributed by atoms with Gasteiger partial charge in [0, 0.05) is 17.6 Å². The van der Waals surface area contributed by atoms with Gasteiger partial charge in [-0.05, 0) is 74.5 Å². The summed E-state index contributed by atoms with van der Waals surface area (Å²) in [5.41, 5.74) is 4.84. The van der Waals surface area contributed by atoms with E-state index in [0.717, 1.165) is 17.6 Å². The fourth-order valence-corrected chi connectivity index (χ4v) is 5.77. The highest BCUT2D eigenvalue weighted by molar-refractivity contribution is 6.18. The number of hydrogen-bond acceptors (Lipinski definition) is 0. The van der Waals surface area contributed by atoms with E-state index in [9.17, 15) is 0 Å². The molecule has 1 rings (SSSR count). The molecule has 1 aromatic carbocycles. The Hall–Kier alpha value is 0.0900. The van der Waals surface area contributed by atoms with Crippen molar-refractivity contribution in [2.75, 3.05) is 17.6 Å². The molecule has 1 aromatic rings. The minimum Gasteiger partial charge on any atom is -0.127 e. The fourth-order valence-electron chi connectivity index (χ4n) is 5.21. The summed E-state index contributed by atoms with van der Waals surface area (Å²) in [4.78, 5) is 0. The number of aryl methyl sites for hydroxylation is 3. The first kappa shape index (κ1) is 34.1. The molecule has 3 heteroatoms. The van der Waals surface area contributed by atoms with Crippen LogP contribution in [0.5, 0.6) is 0 Å². The van der Waals surface area contributed by atoms with E-state index in [1.165, 1.54) is 154 Å². The Kier molecular flexibility index (Phi) is 25.3. The van der Waals surface area contributed by atoms with Gasteiger partial charge in [0.15, 0.2) is 0 Å². The molecule has 0 saturated carbocycles. The Bertz CT molecular complexity index is 586. The summed E-state index contributed by atoms with van der Waals surface area (Å²) in [6.45, 7) is 0. The summed E-state index contributed by atoms with van der Waals surface area (Å²) >= 11 is 17.4. The molecule has 0 radical (unpaired) electrons. The fraction of sp³-hybridized carbons (Fsp3) is 0.818. The van der Waals surface area contributed by atoms with Crippen LogP contribution in [0.2, 0.25) is 0 Å². The molecular weight excluding hydrogens is 503 g/mol. The Balaban J connectivity index is 2.41. The lowest BCUT2D eigenvalue weighted by Crippen LogP contribution is -1.98. The monoisotopic (exact) mass is 558 g/mol. The molecule has 0 amide bonds. The maximum absolute atomic E-state index is 5.80. The standard InChI is InChI=1S/C33H57Cl3/c34-27-19-13-7-1-4-10-16-22-31-25-26-32(23-17-11-5-2-8-14-20-28-35)33(30-31)24-18-12-6-3-9-15-21-29-36/h25-26,30H,1-24,27-29H2. The van der Waals surface area contributed by atoms with E-state index in [0.29, 0.717) is 0 Å². The van der Waals surface area contributed by atoms with Gasteiger partial charge in [0.1, 0.15) is 0 Å². The molecular formula is C33H57Cl3. The molecule has 0 spiro atoms. The second-order valence-electron chi connectivity index (χ2n) is 10.8. The molecule has 0 aliphatic rings. The molecule has 0 atom stereocenters. The Morgan fingerprint density at radius 3 is 1.08 bits per heavy atom. The predicted molar refractivity (Wildman–Crippen MR) is 167 cm³/mol. The number of hydrogen-bond donors (Lipinski definition) is 0. The van der Waals surface area contributed by atoms with Crippen molar-refractivity contribution in [1.29, 1.82) is 0 Å². The molecule has 0 bridgehead atoms. The van der Waals surface area contributed by atoms with Gasteiger partial charge in [0.25, 0.3) is 0 Å². The van der Waals surface area contributed by atoms with Gasteiger partial charge >= 0.3 is 0 Å². The molecule has 0 unspecified atom stereocenters. The van der Waals surface area contributed by atoms with E-state index in [-0.39, 0.29) is 0 Å². The van der Waals surface area contributed by atoms with Gasteiger partial charge in [0.2, 0.25) is 0 Å². The third-order valence-electron chi connectivity index (χ3n) is 7.53. The molecule has 36 heavy (non-hydrogen) atoms. The van der Waals surface area contributed by atoms with Gasteiger partial charge in [-0.15, -0.1) is 34.8 Å². The van der Waals surface area contributed by atoms with Gasteiger partial charge in [-0.1, -0.05) is 115 Å². The maximum atomic E-state index is 5.80. The summed E-state index contributed by atoms with van der Waals surface area (Å²) in [5.74, 6) is 2.46. The van der Waals surface area contributed by atoms with E-state index in [4.69, 9.17) is 34.8 Å². The third kappa shape index (κ3) is 20.1. The summed E-state index contributed by atoms with van der Waals surface area (Å²) < 4.78 is 0. The van der Waals surface area contributed by atoms with E-state index in [1.807, 2.05) is 0 Å². The van der Waals surface area contributed by atoms with Crippen molar-refractivity contribution in [3.8, 4) is 0 Å². The van der Waals surface area contributed by atoms with Crippen molar-refractivity contribution in [2.45, 2.75) is 154 Å². The number of alkyl halides is 3. The normalized spacial score (nSPS) is 11.4. The van der Waals surface area contributed by atoms with Gasteiger partial charge in [-0.2, -0.15) is 0 Å². The van der Waals surface area contributed by atoms with Crippen LogP contribution in [0.4, 0.5) is 0 Å². The highest BCUT2D eigenvalue weighted by Crippen LogP contribution is 2.21. The second-order valence-corrected chi connectivity index (χ2v) is 12.0. The summed E-state index contributed by atoms with van der Waals surface area (Å²) in [6, 6.07) is 7.48. The molecule has 0 aromatic heterocycles. The maximum Gasteiger partial charge on any atom is 0.0223 e. The van der Waals surface area contributed by atoms with Gasteiger partial charge in [0.05, 0.1) is 0 Å². The smallest absolute Gasteiger partial charge is 0.0223 e. The number of benzene rings is 1. The van der Waals surface area contributed by atoms with E-state index < -0.39 is 0 Å². The van der Waals surface area contributed by atoms with Crippen LogP contribution in [0.15, 0.2) is 18.2 Å². The summed E-state index contributed by atoms with van der Waals surface area (Å²) in [5, 5.41) is 0. The molecule has 0 saturated heterocycles. The number of unbranched alkanes of at least 4 members (excludes halogenated alkanes) is 18. The van der Waals surface area contributed by atoms with Gasteiger partial charge in [-0.3, -0.25) is 0 Å². The molecule has 0 aliphatic carbocycles. The zero-order valence-electron chi connectivity index (χ0n) is 23.5. The summed E-state index contributed by atoms with van der Waals surface area (Å²) in [6.07, 6.45) is 31.7. The molecule has 0 N–H and O–H groups in total. The van der Waals surface area contributed by atoms with Crippen molar-refractivity contribution in [3.63, 3.8) is 0 Å². The Labute approximate surface area is 240 Å². The molecule has 0 heterocycles. The minimum atomic E-state index is 0.821. The zero-order chi connectivity index (χ0) is 25.9. The highest BCUT2D eigenvalue weighted by Gasteiger charge is 2.06. The van der Waals surface area contributed by atoms with Crippen molar-refractivity contribution in [1.82, 2.24) is 0 Å². The van der Waals surface area contributed by atoms with Crippen LogP contribution in [0, 0.1) is 0 Å². The van der Waals surface area contributed by atoms with Gasteiger partial charge < -0.3 is 0 Å². The van der Waals surface area contributed by atoms with E-state index in [1.54, 1.807) is 16.7 Å². The van der Waals surface area contributed by atoms with Crippen LogP contribution in [0.3, 0.4) is 0 Å². The van der Waals surface area contributed by atoms with E-state index in [2.05, 4.69) is 18.2 Å². The zero-order valence-corrected chi connectivity index (χ0v) is 25.7. The lowest BCUT2D eigenvalue weighted by molar-refractivity contribution is 0.583. The first-order valence-corrected chi connectivity index (χ1v) is 17.2. The van der Waals surface area contributed by atoms with Crippen LogP contribution in [0.1, 0.15) is 152 Å². The quantitative estimate of drug-likeness (QED) is 0.0742. The average molecular weight is 560 g/mol. The van der Waals surface area contributed by atoms with Crippen LogP contribution in [-0.2, 0) is 19.3 Å². The number of halogens is 3. The van der Waals surface area contributed by atoms with Crippen LogP contribution in [-0.4, -0.2) is 17.6 Å². The van der Waals surface area contributed by atoms with Crippen LogP contribution >= 0.6 is 34.8 Å². The highest BCUT2D eigenvalue weighted by atomic mass is 35.5. The largest absolute Gasteiger partial charge is 0.127 e. The van der Waals surface area contributed by atoms with Crippen molar-refractivity contribution < 1.29 is 0 Å². The number of rotatable bonds is 27. The molecule has 0 nitrogen and oxygen atoms in total. The lowest BCUT2D eigenvalue weighted by atomic mass is 9.93. The second kappa shape index (κ2) is 26.7. The first-order valence-electron chi connectivity index (χ1n) is 15.6. The van der Waals surface area contributed by atoms with Crippen molar-refractivity contribution in [3.05, 3.63) is 34.9 Å². The molecule has 0 aliphatic heterocycles. The Morgan fingerprint density at radius 1 is 0.333 bits per heavy atom. The van der Waals surface area contributed by atoms with Crippen LogP contribution in [0.25, 0.3) is 0 Å². The van der Waals surface area contributed by atoms with Gasteiger partial charge in [-0.25, -0.2) is 0 Å². The third-order valence-corrected chi connectivity index (χ3v) is 8.33. The Morgan fingerprint density at radius 2 is 0.667 bits per heavy atom. The molecule has 0 fully saturated rings. The summed E-state index contributed by atoms with van der Waals surface area (Å²) in [7, 11) is 0. The SMILES string of the molecule is ClCCCCCCCCCc1ccc(CCCCCCCCCCl)c(CCCCCCCCCCl)c1. The topological polar surface area (TPSA) is 0 Å². The van der Waals surface area contributed by atoms with Crippen molar-refractivity contribution >= 4 is 34.8 Å². The van der Waals surface area contributed by atoms with E-state index >= 15 is 0 Å². The molecule has 210 valence electrons.